The molecule has 2 aromatic rings. The van der Waals surface area contributed by atoms with Gasteiger partial charge in [-0.25, -0.2) is 13.2 Å². The number of alkyl halides is 3. The smallest absolute Gasteiger partial charge is 0.416 e. The van der Waals surface area contributed by atoms with Gasteiger partial charge in [-0.15, -0.1) is 0 Å². The first kappa shape index (κ1) is 20.6. The number of hydrogen-bond acceptors (Lipinski definition) is 3. The Morgan fingerprint density at radius 3 is 2.22 bits per heavy atom. The van der Waals surface area contributed by atoms with Crippen LogP contribution in [0, 0.1) is 28.8 Å². The molecule has 0 aromatic heterocycles. The van der Waals surface area contributed by atoms with Crippen molar-refractivity contribution in [2.75, 3.05) is 5.32 Å². The topological polar surface area (TPSA) is 62.1 Å². The average molecular weight is 453 g/mol. The molecule has 0 aliphatic rings. The molecule has 1 N–H and O–H groups in total. The lowest BCUT2D eigenvalue weighted by Crippen LogP contribution is -2.13. The molecule has 142 valence electrons. The minimum atomic E-state index is -4.99. The van der Waals surface area contributed by atoms with Gasteiger partial charge in [0, 0.05) is 4.47 Å². The van der Waals surface area contributed by atoms with Gasteiger partial charge in [0.15, 0.2) is 29.0 Å². The molecule has 0 spiro atoms. The fourth-order valence-electron chi connectivity index (χ4n) is 1.94. The normalized spacial score (nSPS) is 11.0. The second-order valence-electron chi connectivity index (χ2n) is 5.01. The fourth-order valence-corrected chi connectivity index (χ4v) is 2.35. The molecule has 0 saturated heterocycles. The van der Waals surface area contributed by atoms with E-state index in [-0.39, 0.29) is 16.6 Å². The maximum absolute atomic E-state index is 14.1. The molecule has 0 radical (unpaired) electrons. The van der Waals surface area contributed by atoms with Crippen molar-refractivity contribution >= 4 is 27.5 Å². The molecule has 27 heavy (non-hydrogen) atoms. The highest BCUT2D eigenvalue weighted by atomic mass is 79.9. The van der Waals surface area contributed by atoms with E-state index in [4.69, 9.17) is 10.00 Å². The summed E-state index contributed by atoms with van der Waals surface area (Å²) in [6.07, 6.45) is -5.63. The van der Waals surface area contributed by atoms with Crippen molar-refractivity contribution < 1.29 is 35.9 Å². The standard InChI is InChI=1S/C16H7BrF6N2O2/c17-8-5-9(18)14(25-13(26)1-2-24)12(6-8)27-15-10(19)3-7(4-11(15)20)16(21,22)23/h3-6H,1H2,(H,25,26). The number of halogens is 7. The maximum Gasteiger partial charge on any atom is 0.416 e. The zero-order valence-corrected chi connectivity index (χ0v) is 14.5. The van der Waals surface area contributed by atoms with Crippen molar-refractivity contribution in [2.24, 2.45) is 0 Å². The van der Waals surface area contributed by atoms with Gasteiger partial charge in [0.2, 0.25) is 5.91 Å². The molecule has 0 bridgehead atoms. The van der Waals surface area contributed by atoms with Crippen molar-refractivity contribution in [3.05, 3.63) is 51.8 Å². The highest BCUT2D eigenvalue weighted by Gasteiger charge is 2.33. The molecule has 0 fully saturated rings. The molecule has 0 saturated carbocycles. The number of carbonyl (C=O) groups is 1. The van der Waals surface area contributed by atoms with E-state index in [0.717, 1.165) is 12.1 Å². The fraction of sp³-hybridized carbons (Fsp3) is 0.125. The zero-order chi connectivity index (χ0) is 20.4. The molecule has 2 aromatic carbocycles. The summed E-state index contributed by atoms with van der Waals surface area (Å²) in [7, 11) is 0. The number of ether oxygens (including phenoxy) is 1. The number of rotatable bonds is 4. The lowest BCUT2D eigenvalue weighted by molar-refractivity contribution is -0.138. The van der Waals surface area contributed by atoms with Crippen molar-refractivity contribution in [2.45, 2.75) is 12.6 Å². The summed E-state index contributed by atoms with van der Waals surface area (Å²) in [4.78, 5) is 11.5. The van der Waals surface area contributed by atoms with Gasteiger partial charge in [-0.1, -0.05) is 15.9 Å². The van der Waals surface area contributed by atoms with Crippen LogP contribution >= 0.6 is 15.9 Å². The van der Waals surface area contributed by atoms with Gasteiger partial charge in [0.25, 0.3) is 0 Å². The first-order chi connectivity index (χ1) is 12.5. The van der Waals surface area contributed by atoms with E-state index in [0.29, 0.717) is 0 Å². The van der Waals surface area contributed by atoms with E-state index < -0.39 is 58.7 Å². The van der Waals surface area contributed by atoms with Crippen LogP contribution in [0.3, 0.4) is 0 Å². The number of anilines is 1. The quantitative estimate of drug-likeness (QED) is 0.620. The third kappa shape index (κ3) is 4.91. The third-order valence-corrected chi connectivity index (χ3v) is 3.52. The Bertz CT molecular complexity index is 917. The zero-order valence-electron chi connectivity index (χ0n) is 12.9. The van der Waals surface area contributed by atoms with Crippen molar-refractivity contribution in [3.8, 4) is 17.6 Å². The minimum Gasteiger partial charge on any atom is -0.449 e. The van der Waals surface area contributed by atoms with Gasteiger partial charge in [-0.3, -0.25) is 4.79 Å². The van der Waals surface area contributed by atoms with E-state index in [1.54, 1.807) is 0 Å². The van der Waals surface area contributed by atoms with Gasteiger partial charge in [0.05, 0.1) is 11.6 Å². The van der Waals surface area contributed by atoms with Gasteiger partial charge in [-0.2, -0.15) is 18.4 Å². The van der Waals surface area contributed by atoms with E-state index in [1.807, 2.05) is 5.32 Å². The maximum atomic E-state index is 14.1. The number of nitrogens with zero attached hydrogens (tertiary/aromatic N) is 1. The van der Waals surface area contributed by atoms with E-state index in [2.05, 4.69) is 15.9 Å². The predicted molar refractivity (Wildman–Crippen MR) is 84.4 cm³/mol. The lowest BCUT2D eigenvalue weighted by Gasteiger charge is -2.15. The third-order valence-electron chi connectivity index (χ3n) is 3.06. The summed E-state index contributed by atoms with van der Waals surface area (Å²) >= 11 is 2.91. The van der Waals surface area contributed by atoms with Crippen LogP contribution in [0.5, 0.6) is 11.5 Å². The average Bonchev–Trinajstić information content (AvgIpc) is 2.53. The summed E-state index contributed by atoms with van der Waals surface area (Å²) < 4.78 is 84.7. The molecular weight excluding hydrogens is 446 g/mol. The van der Waals surface area contributed by atoms with Crippen molar-refractivity contribution in [1.29, 1.82) is 5.26 Å². The molecule has 0 unspecified atom stereocenters. The van der Waals surface area contributed by atoms with Gasteiger partial charge >= 0.3 is 6.18 Å². The van der Waals surface area contributed by atoms with Gasteiger partial charge < -0.3 is 10.1 Å². The highest BCUT2D eigenvalue weighted by molar-refractivity contribution is 9.10. The Morgan fingerprint density at radius 1 is 1.11 bits per heavy atom. The molecular formula is C16H7BrF6N2O2. The summed E-state index contributed by atoms with van der Waals surface area (Å²) in [5, 5.41) is 10.5. The van der Waals surface area contributed by atoms with Crippen LogP contribution in [-0.4, -0.2) is 5.91 Å². The van der Waals surface area contributed by atoms with Crippen LogP contribution in [0.4, 0.5) is 32.0 Å². The van der Waals surface area contributed by atoms with Crippen molar-refractivity contribution in [1.82, 2.24) is 0 Å². The number of benzene rings is 2. The van der Waals surface area contributed by atoms with E-state index in [1.165, 1.54) is 6.07 Å². The van der Waals surface area contributed by atoms with E-state index >= 15 is 0 Å². The van der Waals surface area contributed by atoms with Crippen LogP contribution in [0.1, 0.15) is 12.0 Å². The number of carbonyl (C=O) groups excluding carboxylic acids is 1. The molecule has 0 heterocycles. The molecule has 0 aliphatic carbocycles. The first-order valence-electron chi connectivity index (χ1n) is 6.93. The van der Waals surface area contributed by atoms with Crippen LogP contribution in [-0.2, 0) is 11.0 Å². The molecule has 2 rings (SSSR count). The Morgan fingerprint density at radius 2 is 1.70 bits per heavy atom. The van der Waals surface area contributed by atoms with Crippen LogP contribution in [0.2, 0.25) is 0 Å². The number of nitrogens with one attached hydrogen (secondary N) is 1. The summed E-state index contributed by atoms with van der Waals surface area (Å²) in [5.41, 5.74) is -2.22. The van der Waals surface area contributed by atoms with Crippen LogP contribution in [0.25, 0.3) is 0 Å². The SMILES string of the molecule is N#CCC(=O)Nc1c(F)cc(Br)cc1Oc1c(F)cc(C(F)(F)F)cc1F. The Hall–Kier alpha value is -2.74. The van der Waals surface area contributed by atoms with E-state index in [9.17, 15) is 31.1 Å². The molecule has 0 atom stereocenters. The molecule has 11 heteroatoms. The summed E-state index contributed by atoms with van der Waals surface area (Å²) in [5.74, 6) is -7.19. The molecule has 1 amide bonds. The molecule has 4 nitrogen and oxygen atoms in total. The number of amides is 1. The largest absolute Gasteiger partial charge is 0.449 e. The van der Waals surface area contributed by atoms with Gasteiger partial charge in [0.1, 0.15) is 12.1 Å². The monoisotopic (exact) mass is 452 g/mol. The minimum absolute atomic E-state index is 0.0146. The first-order valence-corrected chi connectivity index (χ1v) is 7.72. The van der Waals surface area contributed by atoms with Crippen molar-refractivity contribution in [3.63, 3.8) is 0 Å². The second kappa shape index (κ2) is 7.87. The lowest BCUT2D eigenvalue weighted by atomic mass is 10.2. The predicted octanol–water partition coefficient (Wildman–Crippen LogP) is 5.53. The molecule has 0 aliphatic heterocycles. The van der Waals surface area contributed by atoms with Gasteiger partial charge in [-0.05, 0) is 24.3 Å². The van der Waals surface area contributed by atoms with Crippen LogP contribution in [0.15, 0.2) is 28.7 Å². The highest BCUT2D eigenvalue weighted by Crippen LogP contribution is 2.39. The van der Waals surface area contributed by atoms with Crippen LogP contribution < -0.4 is 10.1 Å². The summed E-state index contributed by atoms with van der Waals surface area (Å²) in [6, 6.07) is 3.47. The number of nitriles is 1. The Balaban J connectivity index is 2.48. The summed E-state index contributed by atoms with van der Waals surface area (Å²) in [6.45, 7) is 0. The Kier molecular flexibility index (Phi) is 6.00. The number of hydrogen-bond donors (Lipinski definition) is 1. The second-order valence-corrected chi connectivity index (χ2v) is 5.93. The Labute approximate surface area is 156 Å².